The number of rotatable bonds is 6. The zero-order valence-corrected chi connectivity index (χ0v) is 14.9. The standard InChI is InChI=1S/C14H18Cl2N2S2/c1-4-5-17-11(10-6-12(15)20-14(10)16)7-13-18-8(2)9(3)19-13/h6,11,17H,4-5,7H2,1-3H3. The van der Waals surface area contributed by atoms with Gasteiger partial charge in [0, 0.05) is 22.9 Å². The largest absolute Gasteiger partial charge is 0.310 e. The van der Waals surface area contributed by atoms with Gasteiger partial charge in [-0.3, -0.25) is 0 Å². The maximum Gasteiger partial charge on any atom is 0.0992 e. The Kier molecular flexibility index (Phi) is 5.87. The van der Waals surface area contributed by atoms with E-state index < -0.39 is 0 Å². The van der Waals surface area contributed by atoms with E-state index in [9.17, 15) is 0 Å². The van der Waals surface area contributed by atoms with Gasteiger partial charge in [0.2, 0.25) is 0 Å². The predicted molar refractivity (Wildman–Crippen MR) is 90.7 cm³/mol. The molecule has 2 aromatic rings. The Labute approximate surface area is 138 Å². The summed E-state index contributed by atoms with van der Waals surface area (Å²) < 4.78 is 1.51. The summed E-state index contributed by atoms with van der Waals surface area (Å²) in [6, 6.07) is 2.14. The molecule has 1 N–H and O–H groups in total. The predicted octanol–water partition coefficient (Wildman–Crippen LogP) is 5.41. The van der Waals surface area contributed by atoms with Crippen LogP contribution in [0.2, 0.25) is 8.67 Å². The van der Waals surface area contributed by atoms with E-state index in [0.717, 1.165) is 44.3 Å². The van der Waals surface area contributed by atoms with Crippen molar-refractivity contribution in [1.29, 1.82) is 0 Å². The van der Waals surface area contributed by atoms with E-state index in [1.54, 1.807) is 11.3 Å². The van der Waals surface area contributed by atoms with E-state index in [1.165, 1.54) is 16.2 Å². The lowest BCUT2D eigenvalue weighted by Gasteiger charge is -2.17. The van der Waals surface area contributed by atoms with Crippen molar-refractivity contribution in [3.63, 3.8) is 0 Å². The van der Waals surface area contributed by atoms with Crippen LogP contribution in [0.25, 0.3) is 0 Å². The molecule has 1 atom stereocenters. The minimum absolute atomic E-state index is 0.177. The van der Waals surface area contributed by atoms with Gasteiger partial charge in [-0.1, -0.05) is 30.1 Å². The molecular formula is C14H18Cl2N2S2. The molecule has 0 saturated carbocycles. The van der Waals surface area contributed by atoms with Gasteiger partial charge in [0.25, 0.3) is 0 Å². The number of nitrogens with one attached hydrogen (secondary N) is 1. The Morgan fingerprint density at radius 3 is 2.55 bits per heavy atom. The molecule has 0 amide bonds. The molecule has 6 heteroatoms. The molecule has 0 spiro atoms. The second-order valence-electron chi connectivity index (χ2n) is 4.74. The highest BCUT2D eigenvalue weighted by molar-refractivity contribution is 7.20. The topological polar surface area (TPSA) is 24.9 Å². The molecule has 0 aliphatic carbocycles. The minimum Gasteiger partial charge on any atom is -0.310 e. The van der Waals surface area contributed by atoms with E-state index in [1.807, 2.05) is 6.07 Å². The number of halogens is 2. The summed E-state index contributed by atoms with van der Waals surface area (Å²) in [6.07, 6.45) is 1.94. The Balaban J connectivity index is 2.21. The molecule has 0 bridgehead atoms. The number of thiazole rings is 1. The molecule has 0 saturated heterocycles. The molecule has 0 aliphatic rings. The first-order chi connectivity index (χ1) is 9.51. The number of hydrogen-bond acceptors (Lipinski definition) is 4. The third-order valence-corrected chi connectivity index (χ3v) is 5.76. The van der Waals surface area contributed by atoms with Gasteiger partial charge >= 0.3 is 0 Å². The van der Waals surface area contributed by atoms with Crippen molar-refractivity contribution in [1.82, 2.24) is 10.3 Å². The van der Waals surface area contributed by atoms with Crippen LogP contribution in [0.5, 0.6) is 0 Å². The molecule has 2 nitrogen and oxygen atoms in total. The average Bonchev–Trinajstić information content (AvgIpc) is 2.88. The van der Waals surface area contributed by atoms with E-state index in [4.69, 9.17) is 23.2 Å². The first-order valence-electron chi connectivity index (χ1n) is 6.62. The number of aryl methyl sites for hydroxylation is 2. The molecule has 0 aliphatic heterocycles. The van der Waals surface area contributed by atoms with Crippen LogP contribution in [0.3, 0.4) is 0 Å². The van der Waals surface area contributed by atoms with Crippen LogP contribution in [0.1, 0.15) is 40.5 Å². The summed E-state index contributed by atoms with van der Waals surface area (Å²) in [5, 5.41) is 4.69. The van der Waals surface area contributed by atoms with E-state index in [0.29, 0.717) is 0 Å². The second kappa shape index (κ2) is 7.23. The summed E-state index contributed by atoms with van der Waals surface area (Å²) in [4.78, 5) is 5.91. The third kappa shape index (κ3) is 3.95. The fraction of sp³-hybridized carbons (Fsp3) is 0.500. The van der Waals surface area contributed by atoms with Gasteiger partial charge in [-0.2, -0.15) is 0 Å². The van der Waals surface area contributed by atoms with Crippen molar-refractivity contribution in [3.05, 3.63) is 35.9 Å². The summed E-state index contributed by atoms with van der Waals surface area (Å²) in [5.74, 6) is 0. The SMILES string of the molecule is CCCNC(Cc1nc(C)c(C)s1)c1cc(Cl)sc1Cl. The molecule has 2 aromatic heterocycles. The van der Waals surface area contributed by atoms with Crippen molar-refractivity contribution in [2.45, 2.75) is 39.7 Å². The van der Waals surface area contributed by atoms with Gasteiger partial charge in [0.15, 0.2) is 0 Å². The zero-order chi connectivity index (χ0) is 14.7. The van der Waals surface area contributed by atoms with Crippen molar-refractivity contribution in [2.75, 3.05) is 6.54 Å². The molecule has 2 heterocycles. The smallest absolute Gasteiger partial charge is 0.0992 e. The van der Waals surface area contributed by atoms with Gasteiger partial charge in [0.05, 0.1) is 19.4 Å². The van der Waals surface area contributed by atoms with E-state index in [-0.39, 0.29) is 6.04 Å². The highest BCUT2D eigenvalue weighted by Crippen LogP contribution is 2.36. The van der Waals surface area contributed by atoms with Crippen LogP contribution in [-0.2, 0) is 6.42 Å². The summed E-state index contributed by atoms with van der Waals surface area (Å²) >= 11 is 15.6. The Morgan fingerprint density at radius 1 is 1.30 bits per heavy atom. The number of nitrogens with zero attached hydrogens (tertiary/aromatic N) is 1. The second-order valence-corrected chi connectivity index (χ2v) is 8.31. The molecule has 2 rings (SSSR count). The van der Waals surface area contributed by atoms with Crippen LogP contribution in [0.4, 0.5) is 0 Å². The molecular weight excluding hydrogens is 331 g/mol. The lowest BCUT2D eigenvalue weighted by atomic mass is 10.1. The van der Waals surface area contributed by atoms with Gasteiger partial charge in [-0.25, -0.2) is 4.98 Å². The third-order valence-electron chi connectivity index (χ3n) is 3.15. The number of thiophene rings is 1. The quantitative estimate of drug-likeness (QED) is 0.754. The maximum absolute atomic E-state index is 6.30. The van der Waals surface area contributed by atoms with Gasteiger partial charge < -0.3 is 5.32 Å². The zero-order valence-electron chi connectivity index (χ0n) is 11.8. The van der Waals surface area contributed by atoms with Crippen LogP contribution in [0.15, 0.2) is 6.07 Å². The van der Waals surface area contributed by atoms with Crippen LogP contribution in [0, 0.1) is 13.8 Å². The molecule has 20 heavy (non-hydrogen) atoms. The van der Waals surface area contributed by atoms with Crippen LogP contribution >= 0.6 is 45.9 Å². The fourth-order valence-electron chi connectivity index (χ4n) is 2.00. The number of aromatic nitrogens is 1. The number of hydrogen-bond donors (Lipinski definition) is 1. The first kappa shape index (κ1) is 16.2. The highest BCUT2D eigenvalue weighted by Gasteiger charge is 2.19. The molecule has 0 radical (unpaired) electrons. The Bertz CT molecular complexity index is 558. The molecule has 0 aromatic carbocycles. The minimum atomic E-state index is 0.177. The summed E-state index contributed by atoms with van der Waals surface area (Å²) in [6.45, 7) is 7.28. The van der Waals surface area contributed by atoms with Crippen molar-refractivity contribution in [3.8, 4) is 0 Å². The van der Waals surface area contributed by atoms with Crippen molar-refractivity contribution in [2.24, 2.45) is 0 Å². The van der Waals surface area contributed by atoms with E-state index in [2.05, 4.69) is 31.1 Å². The van der Waals surface area contributed by atoms with Crippen LogP contribution < -0.4 is 5.32 Å². The van der Waals surface area contributed by atoms with Gasteiger partial charge in [-0.15, -0.1) is 22.7 Å². The average molecular weight is 349 g/mol. The molecule has 110 valence electrons. The van der Waals surface area contributed by atoms with Crippen molar-refractivity contribution >= 4 is 45.9 Å². The lowest BCUT2D eigenvalue weighted by molar-refractivity contribution is 0.529. The van der Waals surface area contributed by atoms with Gasteiger partial charge in [0.1, 0.15) is 0 Å². The normalized spacial score (nSPS) is 12.8. The van der Waals surface area contributed by atoms with Crippen LogP contribution in [-0.4, -0.2) is 11.5 Å². The lowest BCUT2D eigenvalue weighted by Crippen LogP contribution is -2.23. The molecule has 1 unspecified atom stereocenters. The highest BCUT2D eigenvalue weighted by atomic mass is 35.5. The first-order valence-corrected chi connectivity index (χ1v) is 9.01. The van der Waals surface area contributed by atoms with Gasteiger partial charge in [-0.05, 0) is 32.9 Å². The Morgan fingerprint density at radius 2 is 2.05 bits per heavy atom. The summed E-state index contributed by atoms with van der Waals surface area (Å²) in [7, 11) is 0. The fourth-order valence-corrected chi connectivity index (χ4v) is 4.56. The van der Waals surface area contributed by atoms with Crippen molar-refractivity contribution < 1.29 is 0 Å². The van der Waals surface area contributed by atoms with E-state index >= 15 is 0 Å². The molecule has 0 fully saturated rings. The monoisotopic (exact) mass is 348 g/mol. The Hall–Kier alpha value is -0.130. The maximum atomic E-state index is 6.30. The summed E-state index contributed by atoms with van der Waals surface area (Å²) in [5.41, 5.74) is 2.20.